The first-order valence-electron chi connectivity index (χ1n) is 7.53. The van der Waals surface area contributed by atoms with E-state index >= 15 is 0 Å². The Morgan fingerprint density at radius 1 is 1.17 bits per heavy atom. The van der Waals surface area contributed by atoms with Gasteiger partial charge in [-0.15, -0.1) is 0 Å². The van der Waals surface area contributed by atoms with Crippen molar-refractivity contribution in [2.45, 2.75) is 64.0 Å². The van der Waals surface area contributed by atoms with E-state index in [-0.39, 0.29) is 0 Å². The van der Waals surface area contributed by atoms with E-state index in [1.165, 1.54) is 58.0 Å². The fourth-order valence-electron chi connectivity index (χ4n) is 3.10. The Bertz CT molecular complexity index is 258. The van der Waals surface area contributed by atoms with Gasteiger partial charge in [-0.3, -0.25) is 0 Å². The van der Waals surface area contributed by atoms with E-state index in [1.807, 2.05) is 0 Å². The van der Waals surface area contributed by atoms with Crippen LogP contribution < -0.4 is 10.6 Å². The molecule has 104 valence electrons. The molecule has 0 amide bonds. The Labute approximate surface area is 117 Å². The molecule has 1 aliphatic heterocycles. The average Bonchev–Trinajstić information content (AvgIpc) is 2.82. The summed E-state index contributed by atoms with van der Waals surface area (Å²) in [4.78, 5) is 2.53. The Morgan fingerprint density at radius 2 is 1.83 bits per heavy atom. The molecule has 2 aliphatic rings. The van der Waals surface area contributed by atoms with Gasteiger partial charge in [0.2, 0.25) is 0 Å². The lowest BCUT2D eigenvalue weighted by atomic mass is 9.96. The second kappa shape index (κ2) is 7.29. The minimum Gasteiger partial charge on any atom is -0.360 e. The Hall–Kier alpha value is -0.350. The molecular weight excluding hydrogens is 242 g/mol. The molecule has 18 heavy (non-hydrogen) atoms. The van der Waals surface area contributed by atoms with Crippen LogP contribution in [0.5, 0.6) is 0 Å². The van der Waals surface area contributed by atoms with Gasteiger partial charge in [-0.25, -0.2) is 0 Å². The quantitative estimate of drug-likeness (QED) is 0.766. The summed E-state index contributed by atoms with van der Waals surface area (Å²) in [6.07, 6.45) is 9.37. The van der Waals surface area contributed by atoms with Crippen molar-refractivity contribution < 1.29 is 0 Å². The van der Waals surface area contributed by atoms with Gasteiger partial charge in [0.05, 0.1) is 0 Å². The predicted molar refractivity (Wildman–Crippen MR) is 80.9 cm³/mol. The summed E-state index contributed by atoms with van der Waals surface area (Å²) in [5.41, 5.74) is 0. The van der Waals surface area contributed by atoms with Gasteiger partial charge in [0, 0.05) is 18.6 Å². The van der Waals surface area contributed by atoms with Gasteiger partial charge in [0.15, 0.2) is 5.11 Å². The van der Waals surface area contributed by atoms with Crippen molar-refractivity contribution >= 4 is 17.3 Å². The van der Waals surface area contributed by atoms with Crippen molar-refractivity contribution in [2.75, 3.05) is 19.6 Å². The van der Waals surface area contributed by atoms with Crippen molar-refractivity contribution in [2.24, 2.45) is 0 Å². The number of hydrogen-bond donors (Lipinski definition) is 2. The van der Waals surface area contributed by atoms with Gasteiger partial charge in [0.1, 0.15) is 0 Å². The van der Waals surface area contributed by atoms with Crippen LogP contribution in [0, 0.1) is 0 Å². The van der Waals surface area contributed by atoms with Crippen LogP contribution in [-0.4, -0.2) is 41.7 Å². The SMILES string of the molecule is CC(CN1CCCC1)NC(=S)NC1CCCCC1. The molecule has 0 bridgehead atoms. The first-order chi connectivity index (χ1) is 8.74. The first-order valence-corrected chi connectivity index (χ1v) is 7.94. The highest BCUT2D eigenvalue weighted by molar-refractivity contribution is 7.80. The van der Waals surface area contributed by atoms with Crippen LogP contribution in [0.3, 0.4) is 0 Å². The number of nitrogens with zero attached hydrogens (tertiary/aromatic N) is 1. The molecule has 1 saturated carbocycles. The molecule has 2 fully saturated rings. The number of likely N-dealkylation sites (tertiary alicyclic amines) is 1. The lowest BCUT2D eigenvalue weighted by Gasteiger charge is -2.27. The van der Waals surface area contributed by atoms with Crippen LogP contribution in [0.25, 0.3) is 0 Å². The average molecular weight is 269 g/mol. The summed E-state index contributed by atoms with van der Waals surface area (Å²) in [6, 6.07) is 1.06. The standard InChI is InChI=1S/C14H27N3S/c1-12(11-17-9-5-6-10-17)15-14(18)16-13-7-3-2-4-8-13/h12-13H,2-11H2,1H3,(H2,15,16,18). The monoisotopic (exact) mass is 269 g/mol. The third-order valence-corrected chi connectivity index (χ3v) is 4.28. The topological polar surface area (TPSA) is 27.3 Å². The molecule has 0 spiro atoms. The summed E-state index contributed by atoms with van der Waals surface area (Å²) < 4.78 is 0. The van der Waals surface area contributed by atoms with Gasteiger partial charge >= 0.3 is 0 Å². The molecule has 0 aromatic heterocycles. The highest BCUT2D eigenvalue weighted by Gasteiger charge is 2.17. The van der Waals surface area contributed by atoms with Crippen molar-refractivity contribution in [1.29, 1.82) is 0 Å². The van der Waals surface area contributed by atoms with Crippen LogP contribution in [0.1, 0.15) is 51.9 Å². The minimum atomic E-state index is 0.451. The van der Waals surface area contributed by atoms with Crippen LogP contribution in [0.15, 0.2) is 0 Å². The van der Waals surface area contributed by atoms with Crippen LogP contribution in [0.4, 0.5) is 0 Å². The largest absolute Gasteiger partial charge is 0.360 e. The summed E-state index contributed by atoms with van der Waals surface area (Å²) in [7, 11) is 0. The molecule has 3 nitrogen and oxygen atoms in total. The Kier molecular flexibility index (Phi) is 5.70. The zero-order valence-electron chi connectivity index (χ0n) is 11.6. The third kappa shape index (κ3) is 4.73. The summed E-state index contributed by atoms with van der Waals surface area (Å²) in [6.45, 7) is 5.86. The maximum absolute atomic E-state index is 5.41. The van der Waals surface area contributed by atoms with Crippen LogP contribution in [-0.2, 0) is 0 Å². The minimum absolute atomic E-state index is 0.451. The molecule has 2 rings (SSSR count). The summed E-state index contributed by atoms with van der Waals surface area (Å²) >= 11 is 5.41. The van der Waals surface area contributed by atoms with Crippen LogP contribution in [0.2, 0.25) is 0 Å². The lowest BCUT2D eigenvalue weighted by molar-refractivity contribution is 0.310. The number of thiocarbonyl (C=S) groups is 1. The molecule has 0 aromatic carbocycles. The molecular formula is C14H27N3S. The van der Waals surface area contributed by atoms with Crippen molar-refractivity contribution in [1.82, 2.24) is 15.5 Å². The van der Waals surface area contributed by atoms with Gasteiger partial charge in [0.25, 0.3) is 0 Å². The molecule has 0 radical (unpaired) electrons. The third-order valence-electron chi connectivity index (χ3n) is 4.05. The first kappa shape index (κ1) is 14.1. The highest BCUT2D eigenvalue weighted by Crippen LogP contribution is 2.17. The molecule has 1 unspecified atom stereocenters. The smallest absolute Gasteiger partial charge is 0.166 e. The van der Waals surface area contributed by atoms with E-state index in [9.17, 15) is 0 Å². The molecule has 1 aliphatic carbocycles. The highest BCUT2D eigenvalue weighted by atomic mass is 32.1. The normalized spacial score (nSPS) is 23.8. The maximum atomic E-state index is 5.41. The fraction of sp³-hybridized carbons (Fsp3) is 0.929. The maximum Gasteiger partial charge on any atom is 0.166 e. The van der Waals surface area contributed by atoms with Gasteiger partial charge in [-0.1, -0.05) is 19.3 Å². The Morgan fingerprint density at radius 3 is 2.50 bits per heavy atom. The molecule has 1 saturated heterocycles. The van der Waals surface area contributed by atoms with E-state index in [0.717, 1.165) is 11.7 Å². The number of rotatable bonds is 4. The van der Waals surface area contributed by atoms with E-state index in [1.54, 1.807) is 0 Å². The Balaban J connectivity index is 1.62. The summed E-state index contributed by atoms with van der Waals surface area (Å²) in [5, 5.41) is 7.76. The molecule has 1 atom stereocenters. The summed E-state index contributed by atoms with van der Waals surface area (Å²) in [5.74, 6) is 0. The number of hydrogen-bond acceptors (Lipinski definition) is 2. The zero-order chi connectivity index (χ0) is 12.8. The fourth-order valence-corrected chi connectivity index (χ4v) is 3.46. The molecule has 4 heteroatoms. The molecule has 2 N–H and O–H groups in total. The van der Waals surface area contributed by atoms with E-state index in [2.05, 4.69) is 22.5 Å². The van der Waals surface area contributed by atoms with Crippen molar-refractivity contribution in [3.63, 3.8) is 0 Å². The molecule has 1 heterocycles. The number of nitrogens with one attached hydrogen (secondary N) is 2. The van der Waals surface area contributed by atoms with E-state index in [0.29, 0.717) is 12.1 Å². The van der Waals surface area contributed by atoms with E-state index in [4.69, 9.17) is 12.2 Å². The van der Waals surface area contributed by atoms with E-state index < -0.39 is 0 Å². The van der Waals surface area contributed by atoms with Crippen LogP contribution >= 0.6 is 12.2 Å². The molecule has 0 aromatic rings. The van der Waals surface area contributed by atoms with Crippen molar-refractivity contribution in [3.05, 3.63) is 0 Å². The van der Waals surface area contributed by atoms with Gasteiger partial charge in [-0.2, -0.15) is 0 Å². The van der Waals surface area contributed by atoms with Gasteiger partial charge < -0.3 is 15.5 Å². The lowest BCUT2D eigenvalue weighted by Crippen LogP contribution is -2.48. The van der Waals surface area contributed by atoms with Crippen molar-refractivity contribution in [3.8, 4) is 0 Å². The second-order valence-electron chi connectivity index (χ2n) is 5.86. The zero-order valence-corrected chi connectivity index (χ0v) is 12.4. The van der Waals surface area contributed by atoms with Gasteiger partial charge in [-0.05, 0) is 57.9 Å². The predicted octanol–water partition coefficient (Wildman–Crippen LogP) is 2.27. The second-order valence-corrected chi connectivity index (χ2v) is 6.27.